The third-order valence-corrected chi connectivity index (χ3v) is 3.39. The van der Waals surface area contributed by atoms with Crippen LogP contribution in [0.4, 0.5) is 0 Å². The second-order valence-electron chi connectivity index (χ2n) is 3.91. The molecule has 0 bridgehead atoms. The normalized spacial score (nSPS) is 15.8. The van der Waals surface area contributed by atoms with Crippen LogP contribution in [0.15, 0.2) is 24.3 Å². The molecule has 0 aromatic heterocycles. The Morgan fingerprint density at radius 1 is 1.14 bits per heavy atom. The third kappa shape index (κ3) is 5.65. The number of rotatable bonds is 5. The Balaban J connectivity index is 0.00000200. The molecule has 1 unspecified atom stereocenters. The van der Waals surface area contributed by atoms with Crippen molar-refractivity contribution in [2.45, 2.75) is 6.42 Å². The Bertz CT molecular complexity index is 600. The summed E-state index contributed by atoms with van der Waals surface area (Å²) in [5.74, 6) is -0.715. The Morgan fingerprint density at radius 2 is 1.62 bits per heavy atom. The Labute approximate surface area is 171 Å². The molecule has 1 atom stereocenters. The number of hydrogen-bond acceptors (Lipinski definition) is 5. The van der Waals surface area contributed by atoms with Crippen molar-refractivity contribution in [2.75, 3.05) is 13.2 Å². The van der Waals surface area contributed by atoms with Crippen molar-refractivity contribution in [3.8, 4) is 0 Å². The molecular weight excluding hydrogens is 336 g/mol. The number of amides is 2. The van der Waals surface area contributed by atoms with Crippen LogP contribution in [0, 0.1) is 0 Å². The van der Waals surface area contributed by atoms with E-state index in [1.54, 1.807) is 24.3 Å². The summed E-state index contributed by atoms with van der Waals surface area (Å²) in [7, 11) is -3.66. The average Bonchev–Trinajstić information content (AvgIpc) is 2.58. The van der Waals surface area contributed by atoms with E-state index < -0.39 is 9.05 Å². The van der Waals surface area contributed by atoms with Crippen LogP contribution in [0.1, 0.15) is 27.1 Å². The van der Waals surface area contributed by atoms with Gasteiger partial charge >= 0.3 is 59.1 Å². The van der Waals surface area contributed by atoms with Crippen LogP contribution >= 0.6 is 0 Å². The summed E-state index contributed by atoms with van der Waals surface area (Å²) in [6, 6.07) is 6.56. The topological polar surface area (TPSA) is 83.9 Å². The molecule has 0 spiro atoms. The Kier molecular flexibility index (Phi) is 9.35. The molecule has 106 valence electrons. The van der Waals surface area contributed by atoms with Crippen molar-refractivity contribution in [3.05, 3.63) is 35.4 Å². The molecule has 0 radical (unpaired) electrons. The van der Waals surface area contributed by atoms with Gasteiger partial charge in [-0.1, -0.05) is 12.1 Å². The van der Waals surface area contributed by atoms with Gasteiger partial charge in [0.15, 0.2) is 0 Å². The van der Waals surface area contributed by atoms with Gasteiger partial charge in [0.2, 0.25) is 0 Å². The van der Waals surface area contributed by atoms with Crippen LogP contribution in [0.3, 0.4) is 0 Å². The first-order chi connectivity index (χ1) is 8.90. The van der Waals surface area contributed by atoms with E-state index in [0.717, 1.165) is 4.90 Å². The fraction of sp³-hybridized carbons (Fsp3) is 0.273. The van der Waals surface area contributed by atoms with Crippen LogP contribution in [0.2, 0.25) is 0 Å². The van der Waals surface area contributed by atoms with E-state index in [2.05, 4.69) is 15.4 Å². The number of nitrogens with zero attached hydrogens (tertiary/aromatic N) is 1. The molecule has 0 aliphatic carbocycles. The first kappa shape index (κ1) is 21.6. The minimum absolute atomic E-state index is 0. The summed E-state index contributed by atoms with van der Waals surface area (Å²) in [6.07, 6.45) is 0.250. The van der Waals surface area contributed by atoms with Gasteiger partial charge in [-0.25, -0.2) is 0 Å². The molecule has 1 heterocycles. The summed E-state index contributed by atoms with van der Waals surface area (Å²) in [4.78, 5) is 25.0. The number of benzene rings is 1. The van der Waals surface area contributed by atoms with Crippen molar-refractivity contribution < 1.29 is 22.5 Å². The van der Waals surface area contributed by atoms with Gasteiger partial charge in [-0.2, -0.15) is 4.21 Å². The Morgan fingerprint density at radius 3 is 2.05 bits per heavy atom. The van der Waals surface area contributed by atoms with E-state index in [0.29, 0.717) is 11.1 Å². The van der Waals surface area contributed by atoms with E-state index in [1.807, 2.05) is 0 Å². The molecular formula is C11H13NNa2O5S2. The molecule has 1 aliphatic rings. The zero-order valence-corrected chi connectivity index (χ0v) is 11.4. The van der Waals surface area contributed by atoms with Crippen LogP contribution in [0.25, 0.3) is 0 Å². The first-order valence-corrected chi connectivity index (χ1v) is 7.84. The second-order valence-corrected chi connectivity index (χ2v) is 6.27. The summed E-state index contributed by atoms with van der Waals surface area (Å²) < 4.78 is 23.9. The minimum atomic E-state index is -3.66. The van der Waals surface area contributed by atoms with Crippen LogP contribution < -0.4 is 0 Å². The van der Waals surface area contributed by atoms with E-state index >= 15 is 0 Å². The van der Waals surface area contributed by atoms with Gasteiger partial charge in [0.1, 0.15) is 0 Å². The number of fused-ring (bicyclic) bond motifs is 1. The summed E-state index contributed by atoms with van der Waals surface area (Å²) >= 11 is 4.15. The van der Waals surface area contributed by atoms with Crippen LogP contribution in [-0.2, 0) is 24.4 Å². The molecule has 0 saturated heterocycles. The van der Waals surface area contributed by atoms with Gasteiger partial charge in [-0.05, 0) is 18.6 Å². The van der Waals surface area contributed by atoms with Crippen molar-refractivity contribution in [1.82, 2.24) is 4.90 Å². The number of imide groups is 1. The molecule has 2 rings (SSSR count). The zero-order valence-electron chi connectivity index (χ0n) is 9.77. The summed E-state index contributed by atoms with van der Waals surface area (Å²) in [6.45, 7) is 0.0312. The molecule has 0 saturated carbocycles. The maximum absolute atomic E-state index is 11.9. The van der Waals surface area contributed by atoms with E-state index in [1.165, 1.54) is 0 Å². The maximum atomic E-state index is 11.9. The number of hydrogen-bond donors (Lipinski definition) is 1. The molecule has 6 nitrogen and oxygen atoms in total. The van der Waals surface area contributed by atoms with Crippen LogP contribution in [-0.4, -0.2) is 97.7 Å². The molecule has 1 aromatic carbocycles. The number of carbonyl (C=O) groups is 2. The van der Waals surface area contributed by atoms with Crippen molar-refractivity contribution >= 4 is 91.2 Å². The van der Waals surface area contributed by atoms with Crippen molar-refractivity contribution in [1.29, 1.82) is 0 Å². The van der Waals surface area contributed by atoms with Gasteiger partial charge in [0, 0.05) is 17.7 Å². The molecule has 0 fully saturated rings. The quantitative estimate of drug-likeness (QED) is 0.439. The predicted molar refractivity (Wildman–Crippen MR) is 84.8 cm³/mol. The number of carbonyl (C=O) groups excluding carboxylic acids is 2. The van der Waals surface area contributed by atoms with Crippen molar-refractivity contribution in [3.63, 3.8) is 0 Å². The molecule has 1 aromatic rings. The molecule has 10 heteroatoms. The van der Waals surface area contributed by atoms with Gasteiger partial charge in [-0.3, -0.25) is 23.2 Å². The van der Waals surface area contributed by atoms with E-state index in [4.69, 9.17) is 4.55 Å². The van der Waals surface area contributed by atoms with Crippen molar-refractivity contribution in [2.24, 2.45) is 0 Å². The third-order valence-electron chi connectivity index (χ3n) is 2.64. The predicted octanol–water partition coefficient (Wildman–Crippen LogP) is -0.473. The molecule has 1 aliphatic heterocycles. The summed E-state index contributed by atoms with van der Waals surface area (Å²) in [5, 5.41) is 0. The van der Waals surface area contributed by atoms with Gasteiger partial charge in [-0.15, -0.1) is 0 Å². The van der Waals surface area contributed by atoms with Crippen LogP contribution in [0.5, 0.6) is 0 Å². The second kappa shape index (κ2) is 9.07. The standard InChI is InChI=1S/C11H11NO5S2.2Na.2H/c13-10-8-4-1-2-5-9(8)11(14)12(10)6-3-7-17-19(15,16)18;;;;/h1-2,4-5H,3,6-7H2,(H,15,16,18);;;;. The van der Waals surface area contributed by atoms with E-state index in [9.17, 15) is 13.8 Å². The first-order valence-electron chi connectivity index (χ1n) is 5.47. The van der Waals surface area contributed by atoms with E-state index in [-0.39, 0.29) is 90.5 Å². The summed E-state index contributed by atoms with van der Waals surface area (Å²) in [5.41, 5.74) is 0.755. The van der Waals surface area contributed by atoms with Gasteiger partial charge in [0.25, 0.3) is 20.9 Å². The zero-order chi connectivity index (χ0) is 14.0. The van der Waals surface area contributed by atoms with Gasteiger partial charge < -0.3 is 0 Å². The molecule has 21 heavy (non-hydrogen) atoms. The monoisotopic (exact) mass is 349 g/mol. The van der Waals surface area contributed by atoms with Gasteiger partial charge in [0.05, 0.1) is 17.7 Å². The fourth-order valence-corrected chi connectivity index (χ4v) is 2.36. The average molecular weight is 349 g/mol. The Hall–Kier alpha value is 0.650. The molecule has 1 N–H and O–H groups in total. The fourth-order valence-electron chi connectivity index (χ4n) is 1.83. The molecule has 2 amide bonds. The SMILES string of the molecule is O=C1c2ccccc2C(=O)N1CCCOS(=O)(O)=S.[NaH].[NaH].